The average Bonchev–Trinajstić information content (AvgIpc) is 3.36. The first kappa shape index (κ1) is 19.5. The molecule has 1 N–H and O–H groups in total. The summed E-state index contributed by atoms with van der Waals surface area (Å²) in [5.74, 6) is 1.93. The smallest absolute Gasteiger partial charge is 0.352 e. The topological polar surface area (TPSA) is 59.3 Å². The van der Waals surface area contributed by atoms with E-state index in [9.17, 15) is 18.0 Å². The Morgan fingerprint density at radius 1 is 1.25 bits per heavy atom. The highest BCUT2D eigenvalue weighted by Gasteiger charge is 2.42. The Balaban J connectivity index is 1.42. The van der Waals surface area contributed by atoms with Crippen LogP contribution in [0.2, 0.25) is 0 Å². The minimum absolute atomic E-state index is 0.109. The van der Waals surface area contributed by atoms with E-state index in [1.807, 2.05) is 0 Å². The number of fused-ring (bicyclic) bond motifs is 3. The summed E-state index contributed by atoms with van der Waals surface area (Å²) >= 11 is 1.12. The molecule has 0 aliphatic heterocycles. The highest BCUT2D eigenvalue weighted by Crippen LogP contribution is 2.49. The van der Waals surface area contributed by atoms with Crippen LogP contribution >= 0.6 is 11.8 Å². The van der Waals surface area contributed by atoms with E-state index in [1.165, 1.54) is 36.2 Å². The second kappa shape index (κ2) is 7.24. The van der Waals surface area contributed by atoms with Crippen LogP contribution in [0.4, 0.5) is 13.2 Å². The van der Waals surface area contributed by atoms with E-state index in [-0.39, 0.29) is 17.1 Å². The zero-order valence-electron chi connectivity index (χ0n) is 15.7. The van der Waals surface area contributed by atoms with Crippen molar-refractivity contribution >= 4 is 23.3 Å². The number of amides is 1. The van der Waals surface area contributed by atoms with Crippen LogP contribution in [0, 0.1) is 17.8 Å². The fraction of sp³-hybridized carbons (Fsp3) is 0.632. The van der Waals surface area contributed by atoms with E-state index >= 15 is 0 Å². The lowest BCUT2D eigenvalue weighted by Crippen LogP contribution is -2.43. The van der Waals surface area contributed by atoms with Crippen molar-refractivity contribution in [1.29, 1.82) is 0 Å². The van der Waals surface area contributed by atoms with Crippen molar-refractivity contribution in [2.45, 2.75) is 62.2 Å². The van der Waals surface area contributed by atoms with Crippen LogP contribution in [0.15, 0.2) is 23.5 Å². The fourth-order valence-corrected chi connectivity index (χ4v) is 5.52. The van der Waals surface area contributed by atoms with E-state index in [4.69, 9.17) is 0 Å². The molecule has 5 nitrogen and oxygen atoms in total. The summed E-state index contributed by atoms with van der Waals surface area (Å²) in [5, 5.41) is 10.8. The maximum absolute atomic E-state index is 13.0. The molecule has 5 atom stereocenters. The number of nitrogens with zero attached hydrogens (tertiary/aromatic N) is 3. The van der Waals surface area contributed by atoms with E-state index in [2.05, 4.69) is 22.4 Å². The largest absolute Gasteiger partial charge is 0.417 e. The van der Waals surface area contributed by atoms with Crippen LogP contribution in [-0.4, -0.2) is 31.8 Å². The zero-order chi connectivity index (χ0) is 20.1. The molecule has 0 radical (unpaired) electrons. The second-order valence-electron chi connectivity index (χ2n) is 8.02. The van der Waals surface area contributed by atoms with Crippen molar-refractivity contribution in [3.63, 3.8) is 0 Å². The van der Waals surface area contributed by atoms with Crippen molar-refractivity contribution < 1.29 is 18.0 Å². The Hall–Kier alpha value is -1.77. The van der Waals surface area contributed by atoms with Gasteiger partial charge in [-0.2, -0.15) is 13.2 Å². The van der Waals surface area contributed by atoms with Crippen LogP contribution in [0.3, 0.4) is 0 Å². The third-order valence-electron chi connectivity index (χ3n) is 6.15. The van der Waals surface area contributed by atoms with Gasteiger partial charge in [0, 0.05) is 12.2 Å². The summed E-state index contributed by atoms with van der Waals surface area (Å²) < 4.78 is 40.2. The van der Waals surface area contributed by atoms with Gasteiger partial charge in [-0.25, -0.2) is 0 Å². The number of rotatable bonds is 5. The van der Waals surface area contributed by atoms with Gasteiger partial charge in [-0.1, -0.05) is 18.2 Å². The van der Waals surface area contributed by atoms with Crippen molar-refractivity contribution in [2.24, 2.45) is 17.8 Å². The first-order chi connectivity index (χ1) is 13.2. The van der Waals surface area contributed by atoms with Gasteiger partial charge in [0.15, 0.2) is 10.8 Å². The minimum atomic E-state index is -4.44. The molecule has 4 rings (SSSR count). The number of carbonyl (C=O) groups excluding carboxylic acids is 1. The third kappa shape index (κ3) is 3.73. The maximum Gasteiger partial charge on any atom is 0.417 e. The maximum atomic E-state index is 13.0. The molecule has 0 spiro atoms. The van der Waals surface area contributed by atoms with Gasteiger partial charge in [0.1, 0.15) is 0 Å². The number of aromatic nitrogens is 3. The predicted molar refractivity (Wildman–Crippen MR) is 99.9 cm³/mol. The monoisotopic (exact) mass is 412 g/mol. The first-order valence-electron chi connectivity index (χ1n) is 9.61. The number of carbonyl (C=O) groups is 1. The Bertz CT molecular complexity index is 884. The molecular formula is C19H23F3N4OS. The molecule has 28 heavy (non-hydrogen) atoms. The summed E-state index contributed by atoms with van der Waals surface area (Å²) in [7, 11) is 0. The van der Waals surface area contributed by atoms with Gasteiger partial charge in [0.05, 0.1) is 10.8 Å². The molecule has 9 heteroatoms. The van der Waals surface area contributed by atoms with E-state index < -0.39 is 17.0 Å². The normalized spacial score (nSPS) is 26.5. The van der Waals surface area contributed by atoms with E-state index in [1.54, 1.807) is 6.92 Å². The molecule has 2 saturated carbocycles. The summed E-state index contributed by atoms with van der Waals surface area (Å²) in [4.78, 5) is 12.6. The standard InChI is InChI=1S/C19H23F3N4OS/c1-10(15-8-12-3-4-13(15)7-12)23-17(27)11(2)28-18-25-24-16-6-5-14(9-26(16)18)19(20,21)22/h5-6,9-13,15H,3-4,7-8H2,1-2H3,(H,23,27)/t10-,11+,12+,13+,15+/m1/s1. The minimum Gasteiger partial charge on any atom is -0.352 e. The van der Waals surface area contributed by atoms with Gasteiger partial charge < -0.3 is 5.32 Å². The molecule has 0 saturated heterocycles. The van der Waals surface area contributed by atoms with Crippen molar-refractivity contribution in [3.05, 3.63) is 23.9 Å². The van der Waals surface area contributed by atoms with Crippen LogP contribution in [-0.2, 0) is 11.0 Å². The molecule has 2 aliphatic carbocycles. The lowest BCUT2D eigenvalue weighted by molar-refractivity contribution is -0.137. The Morgan fingerprint density at radius 3 is 2.68 bits per heavy atom. The van der Waals surface area contributed by atoms with E-state index in [0.29, 0.717) is 17.5 Å². The summed E-state index contributed by atoms with van der Waals surface area (Å²) in [6.45, 7) is 3.80. The second-order valence-corrected chi connectivity index (χ2v) is 9.33. The van der Waals surface area contributed by atoms with Gasteiger partial charge in [0.25, 0.3) is 0 Å². The summed E-state index contributed by atoms with van der Waals surface area (Å²) in [6.07, 6.45) is 1.56. The van der Waals surface area contributed by atoms with Gasteiger partial charge in [0.2, 0.25) is 5.91 Å². The van der Waals surface area contributed by atoms with Crippen molar-refractivity contribution in [3.8, 4) is 0 Å². The molecule has 2 aliphatic rings. The Morgan fingerprint density at radius 2 is 2.04 bits per heavy atom. The summed E-state index contributed by atoms with van der Waals surface area (Å²) in [5.41, 5.74) is -0.456. The number of nitrogens with one attached hydrogen (secondary N) is 1. The molecule has 0 aromatic carbocycles. The molecular weight excluding hydrogens is 389 g/mol. The van der Waals surface area contributed by atoms with Crippen molar-refractivity contribution in [2.75, 3.05) is 0 Å². The molecule has 2 aromatic rings. The van der Waals surface area contributed by atoms with E-state index in [0.717, 1.165) is 29.9 Å². The molecule has 2 fully saturated rings. The van der Waals surface area contributed by atoms with Gasteiger partial charge in [-0.15, -0.1) is 10.2 Å². The lowest BCUT2D eigenvalue weighted by Gasteiger charge is -2.29. The molecule has 1 amide bonds. The number of halogens is 3. The van der Waals surface area contributed by atoms with Crippen LogP contribution in [0.5, 0.6) is 0 Å². The average molecular weight is 412 g/mol. The van der Waals surface area contributed by atoms with Crippen LogP contribution < -0.4 is 5.32 Å². The molecule has 152 valence electrons. The number of thioether (sulfide) groups is 1. The molecule has 2 heterocycles. The zero-order valence-corrected chi connectivity index (χ0v) is 16.6. The molecule has 2 bridgehead atoms. The quantitative estimate of drug-likeness (QED) is 0.749. The van der Waals surface area contributed by atoms with Gasteiger partial charge in [-0.3, -0.25) is 9.20 Å². The first-order valence-corrected chi connectivity index (χ1v) is 10.5. The number of hydrogen-bond acceptors (Lipinski definition) is 4. The third-order valence-corrected chi connectivity index (χ3v) is 7.21. The highest BCUT2D eigenvalue weighted by atomic mass is 32.2. The Labute approximate surface area is 165 Å². The SMILES string of the molecule is C[C@H](Sc1nnc2ccc(C(F)(F)F)cn12)C(=O)N[C@H](C)[C@@H]1C[C@H]2CC[C@H]1C2. The molecule has 0 unspecified atom stereocenters. The number of pyridine rings is 1. The molecule has 2 aromatic heterocycles. The number of hydrogen-bond donors (Lipinski definition) is 1. The number of alkyl halides is 3. The van der Waals surface area contributed by atoms with Crippen LogP contribution in [0.25, 0.3) is 5.65 Å². The van der Waals surface area contributed by atoms with Crippen molar-refractivity contribution in [1.82, 2.24) is 19.9 Å². The fourth-order valence-electron chi connectivity index (χ4n) is 4.68. The lowest BCUT2D eigenvalue weighted by atomic mass is 9.84. The van der Waals surface area contributed by atoms with Gasteiger partial charge in [-0.05, 0) is 63.0 Å². The summed E-state index contributed by atoms with van der Waals surface area (Å²) in [6, 6.07) is 2.37. The highest BCUT2D eigenvalue weighted by molar-refractivity contribution is 8.00. The van der Waals surface area contributed by atoms with Gasteiger partial charge >= 0.3 is 6.18 Å². The predicted octanol–water partition coefficient (Wildman–Crippen LogP) is 4.17. The van der Waals surface area contributed by atoms with Crippen LogP contribution in [0.1, 0.15) is 45.1 Å². The Kier molecular flexibility index (Phi) is 5.05.